The number of aliphatic hydroxyl groups is 1. The van der Waals surface area contributed by atoms with Crippen LogP contribution in [-0.2, 0) is 0 Å². The highest BCUT2D eigenvalue weighted by Gasteiger charge is 2.12. The highest BCUT2D eigenvalue weighted by Crippen LogP contribution is 2.33. The van der Waals surface area contributed by atoms with Crippen molar-refractivity contribution in [2.45, 2.75) is 40.0 Å². The van der Waals surface area contributed by atoms with Gasteiger partial charge in [0, 0.05) is 18.0 Å². The fourth-order valence-corrected chi connectivity index (χ4v) is 3.18. The molecule has 2 N–H and O–H groups in total. The van der Waals surface area contributed by atoms with E-state index < -0.39 is 0 Å². The van der Waals surface area contributed by atoms with E-state index in [9.17, 15) is 0 Å². The number of aromatic nitrogens is 2. The summed E-state index contributed by atoms with van der Waals surface area (Å²) in [6.45, 7) is 7.35. The van der Waals surface area contributed by atoms with Crippen molar-refractivity contribution in [3.8, 4) is 0 Å². The Hall–Kier alpha value is -1.20. The van der Waals surface area contributed by atoms with Gasteiger partial charge in [-0.05, 0) is 45.6 Å². The number of aryl methyl sites for hydroxylation is 3. The van der Waals surface area contributed by atoms with Crippen LogP contribution in [0.25, 0.3) is 10.2 Å². The first-order valence-corrected chi connectivity index (χ1v) is 7.54. The molecule has 4 nitrogen and oxygen atoms in total. The zero-order valence-electron chi connectivity index (χ0n) is 11.8. The van der Waals surface area contributed by atoms with Gasteiger partial charge in [0.05, 0.1) is 5.39 Å². The number of fused-ring (bicyclic) bond motifs is 1. The minimum atomic E-state index is 0.277. The first-order valence-electron chi connectivity index (χ1n) is 6.72. The molecule has 0 bridgehead atoms. The van der Waals surface area contributed by atoms with Gasteiger partial charge in [-0.25, -0.2) is 9.97 Å². The Labute approximate surface area is 117 Å². The lowest BCUT2D eigenvalue weighted by molar-refractivity contribution is 0.283. The summed E-state index contributed by atoms with van der Waals surface area (Å²) in [5.74, 6) is 1.76. The standard InChI is InChI=1S/C14H21N3OS/c1-9-10(2)19-14-12(9)13(16-11(3)17-14)15-7-5-4-6-8-18/h18H,4-8H2,1-3H3,(H,15,16,17). The number of aliphatic hydroxyl groups excluding tert-OH is 1. The van der Waals surface area contributed by atoms with Crippen LogP contribution in [0.4, 0.5) is 5.82 Å². The molecule has 0 fully saturated rings. The molecule has 0 spiro atoms. The summed E-state index contributed by atoms with van der Waals surface area (Å²) in [4.78, 5) is 11.4. The van der Waals surface area contributed by atoms with E-state index in [1.54, 1.807) is 11.3 Å². The number of nitrogens with one attached hydrogen (secondary N) is 1. The maximum Gasteiger partial charge on any atom is 0.138 e. The summed E-state index contributed by atoms with van der Waals surface area (Å²) in [7, 11) is 0. The number of rotatable bonds is 6. The van der Waals surface area contributed by atoms with Crippen LogP contribution in [0.5, 0.6) is 0 Å². The molecular formula is C14H21N3OS. The topological polar surface area (TPSA) is 58.0 Å². The monoisotopic (exact) mass is 279 g/mol. The molecule has 0 aliphatic heterocycles. The molecule has 0 aliphatic carbocycles. The Balaban J connectivity index is 2.17. The fraction of sp³-hybridized carbons (Fsp3) is 0.571. The Morgan fingerprint density at radius 2 is 1.89 bits per heavy atom. The zero-order valence-corrected chi connectivity index (χ0v) is 12.6. The predicted molar refractivity (Wildman–Crippen MR) is 81.1 cm³/mol. The molecule has 0 saturated heterocycles. The van der Waals surface area contributed by atoms with Gasteiger partial charge in [-0.2, -0.15) is 0 Å². The van der Waals surface area contributed by atoms with Gasteiger partial charge in [-0.15, -0.1) is 11.3 Å². The quantitative estimate of drug-likeness (QED) is 0.797. The lowest BCUT2D eigenvalue weighted by Crippen LogP contribution is -2.05. The Morgan fingerprint density at radius 1 is 1.11 bits per heavy atom. The Morgan fingerprint density at radius 3 is 2.63 bits per heavy atom. The van der Waals surface area contributed by atoms with E-state index in [1.165, 1.54) is 10.4 Å². The molecule has 2 aromatic rings. The third-order valence-electron chi connectivity index (χ3n) is 3.27. The summed E-state index contributed by atoms with van der Waals surface area (Å²) >= 11 is 1.73. The van der Waals surface area contributed by atoms with Crippen LogP contribution in [-0.4, -0.2) is 28.2 Å². The molecular weight excluding hydrogens is 258 g/mol. The van der Waals surface area contributed by atoms with E-state index in [-0.39, 0.29) is 6.61 Å². The van der Waals surface area contributed by atoms with Crippen LogP contribution in [0, 0.1) is 20.8 Å². The molecule has 5 heteroatoms. The van der Waals surface area contributed by atoms with Crippen LogP contribution < -0.4 is 5.32 Å². The number of hydrogen-bond acceptors (Lipinski definition) is 5. The summed E-state index contributed by atoms with van der Waals surface area (Å²) in [5.41, 5.74) is 1.28. The number of anilines is 1. The number of thiophene rings is 1. The van der Waals surface area contributed by atoms with Crippen LogP contribution in [0.15, 0.2) is 0 Å². The van der Waals surface area contributed by atoms with E-state index in [1.807, 2.05) is 6.92 Å². The van der Waals surface area contributed by atoms with Crippen LogP contribution in [0.3, 0.4) is 0 Å². The lowest BCUT2D eigenvalue weighted by Gasteiger charge is -2.08. The minimum absolute atomic E-state index is 0.277. The Bertz CT molecular complexity index is 565. The van der Waals surface area contributed by atoms with Crippen molar-refractivity contribution in [1.82, 2.24) is 9.97 Å². The van der Waals surface area contributed by atoms with E-state index in [4.69, 9.17) is 5.11 Å². The van der Waals surface area contributed by atoms with E-state index in [0.29, 0.717) is 0 Å². The van der Waals surface area contributed by atoms with Crippen LogP contribution in [0.1, 0.15) is 35.5 Å². The maximum atomic E-state index is 8.76. The number of unbranched alkanes of at least 4 members (excludes halogenated alkanes) is 2. The Kier molecular flexibility index (Phi) is 4.71. The van der Waals surface area contributed by atoms with Crippen molar-refractivity contribution in [2.24, 2.45) is 0 Å². The summed E-state index contributed by atoms with van der Waals surface area (Å²) in [6, 6.07) is 0. The van der Waals surface area contributed by atoms with Crippen molar-refractivity contribution in [3.05, 3.63) is 16.3 Å². The SMILES string of the molecule is Cc1nc(NCCCCCO)c2c(C)c(C)sc2n1. The summed E-state index contributed by atoms with van der Waals surface area (Å²) < 4.78 is 0. The average molecular weight is 279 g/mol. The van der Waals surface area contributed by atoms with Crippen molar-refractivity contribution in [1.29, 1.82) is 0 Å². The molecule has 0 radical (unpaired) electrons. The molecule has 2 heterocycles. The van der Waals surface area contributed by atoms with Gasteiger partial charge in [0.15, 0.2) is 0 Å². The minimum Gasteiger partial charge on any atom is -0.396 e. The molecule has 0 atom stereocenters. The molecule has 2 rings (SSSR count). The normalized spacial score (nSPS) is 11.2. The first kappa shape index (κ1) is 14.2. The van der Waals surface area contributed by atoms with Crippen molar-refractivity contribution >= 4 is 27.4 Å². The van der Waals surface area contributed by atoms with Gasteiger partial charge in [-0.3, -0.25) is 0 Å². The third kappa shape index (κ3) is 3.22. The van der Waals surface area contributed by atoms with Gasteiger partial charge in [0.1, 0.15) is 16.5 Å². The molecule has 0 amide bonds. The number of hydrogen-bond donors (Lipinski definition) is 2. The fourth-order valence-electron chi connectivity index (χ4n) is 2.10. The molecule has 0 aromatic carbocycles. The molecule has 0 aliphatic rings. The second-order valence-electron chi connectivity index (χ2n) is 4.79. The van der Waals surface area contributed by atoms with E-state index in [0.717, 1.165) is 47.7 Å². The highest BCUT2D eigenvalue weighted by atomic mass is 32.1. The van der Waals surface area contributed by atoms with Crippen LogP contribution in [0.2, 0.25) is 0 Å². The molecule has 0 saturated carbocycles. The van der Waals surface area contributed by atoms with E-state index >= 15 is 0 Å². The molecule has 2 aromatic heterocycles. The molecule has 0 unspecified atom stereocenters. The smallest absolute Gasteiger partial charge is 0.138 e. The highest BCUT2D eigenvalue weighted by molar-refractivity contribution is 7.18. The predicted octanol–water partition coefficient (Wildman–Crippen LogP) is 3.19. The molecule has 19 heavy (non-hydrogen) atoms. The maximum absolute atomic E-state index is 8.76. The second kappa shape index (κ2) is 6.30. The third-order valence-corrected chi connectivity index (χ3v) is 4.37. The largest absolute Gasteiger partial charge is 0.396 e. The molecule has 104 valence electrons. The van der Waals surface area contributed by atoms with E-state index in [2.05, 4.69) is 29.1 Å². The summed E-state index contributed by atoms with van der Waals surface area (Å²) in [6.07, 6.45) is 2.96. The van der Waals surface area contributed by atoms with Crippen LogP contribution >= 0.6 is 11.3 Å². The first-order chi connectivity index (χ1) is 9.13. The summed E-state index contributed by atoms with van der Waals surface area (Å²) in [5, 5.41) is 13.3. The van der Waals surface area contributed by atoms with Gasteiger partial charge in [0.25, 0.3) is 0 Å². The van der Waals surface area contributed by atoms with Crippen molar-refractivity contribution in [2.75, 3.05) is 18.5 Å². The van der Waals surface area contributed by atoms with Crippen molar-refractivity contribution < 1.29 is 5.11 Å². The van der Waals surface area contributed by atoms with Crippen molar-refractivity contribution in [3.63, 3.8) is 0 Å². The van der Waals surface area contributed by atoms with Gasteiger partial charge < -0.3 is 10.4 Å². The second-order valence-corrected chi connectivity index (χ2v) is 6.00. The van der Waals surface area contributed by atoms with Gasteiger partial charge in [0.2, 0.25) is 0 Å². The average Bonchev–Trinajstić information content (AvgIpc) is 2.64. The lowest BCUT2D eigenvalue weighted by atomic mass is 10.2. The zero-order chi connectivity index (χ0) is 13.8. The van der Waals surface area contributed by atoms with Gasteiger partial charge >= 0.3 is 0 Å². The van der Waals surface area contributed by atoms with Gasteiger partial charge in [-0.1, -0.05) is 0 Å². The number of nitrogens with zero attached hydrogens (tertiary/aromatic N) is 2.